The number of nitrogens with one attached hydrogen (secondary N) is 3. The fourth-order valence-corrected chi connectivity index (χ4v) is 1.85. The minimum atomic E-state index is -1.25. The van der Waals surface area contributed by atoms with E-state index in [0.717, 1.165) is 19.5 Å². The Bertz CT molecular complexity index is 330. The van der Waals surface area contributed by atoms with Crippen molar-refractivity contribution in [1.82, 2.24) is 16.0 Å². The van der Waals surface area contributed by atoms with Gasteiger partial charge in [0.05, 0.1) is 32.0 Å². The van der Waals surface area contributed by atoms with Crippen molar-refractivity contribution in [3.63, 3.8) is 0 Å². The molecule has 0 aromatic heterocycles. The van der Waals surface area contributed by atoms with Crippen molar-refractivity contribution in [2.24, 2.45) is 0 Å². The van der Waals surface area contributed by atoms with Crippen molar-refractivity contribution in [3.05, 3.63) is 0 Å². The Labute approximate surface area is 146 Å². The molecule has 0 heterocycles. The number of halogens is 1. The van der Waals surface area contributed by atoms with Gasteiger partial charge >= 0.3 is 0 Å². The van der Waals surface area contributed by atoms with E-state index in [1.54, 1.807) is 13.8 Å². The summed E-state index contributed by atoms with van der Waals surface area (Å²) in [5, 5.41) is 9.02. The minimum absolute atomic E-state index is 0.0334. The molecule has 0 saturated carbocycles. The molecule has 0 radical (unpaired) electrons. The molecule has 0 fully saturated rings. The summed E-state index contributed by atoms with van der Waals surface area (Å²) in [6.07, 6.45) is -0.134. The van der Waals surface area contributed by atoms with Crippen molar-refractivity contribution in [1.29, 1.82) is 0 Å². The zero-order valence-electron chi connectivity index (χ0n) is 15.9. The summed E-state index contributed by atoms with van der Waals surface area (Å²) in [6, 6.07) is 0.525. The summed E-state index contributed by atoms with van der Waals surface area (Å²) >= 11 is 0. The first-order valence-electron chi connectivity index (χ1n) is 8.84. The molecular weight excluding hydrogens is 313 g/mol. The highest BCUT2D eigenvalue weighted by Crippen LogP contribution is 2.17. The lowest BCUT2D eigenvalue weighted by Gasteiger charge is -2.29. The predicted octanol–water partition coefficient (Wildman–Crippen LogP) is 1.25. The third-order valence-corrected chi connectivity index (χ3v) is 3.81. The van der Waals surface area contributed by atoms with Crippen LogP contribution < -0.4 is 16.0 Å². The van der Waals surface area contributed by atoms with Gasteiger partial charge in [-0.3, -0.25) is 4.79 Å². The first kappa shape index (κ1) is 23.2. The molecule has 0 aliphatic rings. The molecular formula is C17H36FN3O3. The van der Waals surface area contributed by atoms with E-state index >= 15 is 0 Å². The first-order chi connectivity index (χ1) is 11.3. The van der Waals surface area contributed by atoms with Crippen molar-refractivity contribution in [2.45, 2.75) is 58.9 Å². The summed E-state index contributed by atoms with van der Waals surface area (Å²) in [6.45, 7) is 13.0. The quantitative estimate of drug-likeness (QED) is 0.388. The Hall–Kier alpha value is -0.760. The molecule has 1 amide bonds. The Kier molecular flexibility index (Phi) is 13.1. The predicted molar refractivity (Wildman–Crippen MR) is 95.1 cm³/mol. The van der Waals surface area contributed by atoms with E-state index in [4.69, 9.17) is 9.47 Å². The summed E-state index contributed by atoms with van der Waals surface area (Å²) in [7, 11) is 0. The lowest BCUT2D eigenvalue weighted by Crippen LogP contribution is -2.44. The lowest BCUT2D eigenvalue weighted by molar-refractivity contribution is -0.120. The summed E-state index contributed by atoms with van der Waals surface area (Å²) in [4.78, 5) is 10.8. The maximum Gasteiger partial charge on any atom is 0.216 e. The second-order valence-electron chi connectivity index (χ2n) is 6.48. The van der Waals surface area contributed by atoms with Crippen LogP contribution in [0.3, 0.4) is 0 Å². The molecule has 2 atom stereocenters. The molecule has 7 heteroatoms. The van der Waals surface area contributed by atoms with Gasteiger partial charge in [0.15, 0.2) is 0 Å². The first-order valence-corrected chi connectivity index (χ1v) is 8.84. The molecule has 0 aromatic rings. The molecule has 24 heavy (non-hydrogen) atoms. The van der Waals surface area contributed by atoms with Crippen LogP contribution >= 0.6 is 0 Å². The van der Waals surface area contributed by atoms with Crippen LogP contribution in [0, 0.1) is 0 Å². The van der Waals surface area contributed by atoms with Crippen molar-refractivity contribution >= 4 is 5.91 Å². The molecule has 2 unspecified atom stereocenters. The summed E-state index contributed by atoms with van der Waals surface area (Å²) < 4.78 is 25.1. The lowest BCUT2D eigenvalue weighted by atomic mass is 10.0. The molecule has 0 rings (SSSR count). The number of carbonyl (C=O) groups excluding carboxylic acids is 1. The summed E-state index contributed by atoms with van der Waals surface area (Å²) in [5.74, 6) is -0.241. The Morgan fingerprint density at radius 3 is 2.42 bits per heavy atom. The molecule has 0 bridgehead atoms. The number of alkyl halides is 1. The molecule has 0 aromatic carbocycles. The highest BCUT2D eigenvalue weighted by Gasteiger charge is 2.30. The van der Waals surface area contributed by atoms with Gasteiger partial charge in [0.25, 0.3) is 0 Å². The third-order valence-electron chi connectivity index (χ3n) is 3.81. The molecule has 6 nitrogen and oxygen atoms in total. The maximum atomic E-state index is 14.0. The van der Waals surface area contributed by atoms with Gasteiger partial charge in [-0.05, 0) is 27.2 Å². The molecule has 0 saturated heterocycles. The SMILES string of the molecule is CCC(C)NCCOCCNCCOC(C)(C)C(F)CNC(C)=O. The highest BCUT2D eigenvalue weighted by molar-refractivity contribution is 5.72. The van der Waals surface area contributed by atoms with Crippen molar-refractivity contribution in [2.75, 3.05) is 46.0 Å². The zero-order chi connectivity index (χ0) is 18.4. The van der Waals surface area contributed by atoms with Crippen LogP contribution in [-0.4, -0.2) is 69.7 Å². The van der Waals surface area contributed by atoms with E-state index in [2.05, 4.69) is 29.8 Å². The molecule has 0 aliphatic carbocycles. The Morgan fingerprint density at radius 2 is 1.79 bits per heavy atom. The van der Waals surface area contributed by atoms with E-state index < -0.39 is 11.8 Å². The van der Waals surface area contributed by atoms with Gasteiger partial charge in [0.1, 0.15) is 6.17 Å². The number of carbonyl (C=O) groups is 1. The van der Waals surface area contributed by atoms with E-state index in [1.807, 2.05) is 0 Å². The van der Waals surface area contributed by atoms with Crippen molar-refractivity contribution in [3.8, 4) is 0 Å². The second-order valence-corrected chi connectivity index (χ2v) is 6.48. The van der Waals surface area contributed by atoms with E-state index in [1.165, 1.54) is 6.92 Å². The van der Waals surface area contributed by atoms with Gasteiger partial charge in [-0.25, -0.2) is 4.39 Å². The van der Waals surface area contributed by atoms with Gasteiger partial charge in [-0.1, -0.05) is 6.92 Å². The Balaban J connectivity index is 3.52. The topological polar surface area (TPSA) is 71.6 Å². The minimum Gasteiger partial charge on any atom is -0.379 e. The zero-order valence-corrected chi connectivity index (χ0v) is 15.9. The Morgan fingerprint density at radius 1 is 1.17 bits per heavy atom. The van der Waals surface area contributed by atoms with Gasteiger partial charge in [0, 0.05) is 32.6 Å². The van der Waals surface area contributed by atoms with Gasteiger partial charge < -0.3 is 25.4 Å². The molecule has 0 aliphatic heterocycles. The fraction of sp³-hybridized carbons (Fsp3) is 0.941. The molecule has 0 spiro atoms. The van der Waals surface area contributed by atoms with Crippen LogP contribution in [0.4, 0.5) is 4.39 Å². The second kappa shape index (κ2) is 13.5. The van der Waals surface area contributed by atoms with Gasteiger partial charge in [0.2, 0.25) is 5.91 Å². The maximum absolute atomic E-state index is 14.0. The molecule has 144 valence electrons. The number of amides is 1. The number of rotatable bonds is 15. The highest BCUT2D eigenvalue weighted by atomic mass is 19.1. The van der Waals surface area contributed by atoms with Gasteiger partial charge in [-0.2, -0.15) is 0 Å². The number of hydrogen-bond donors (Lipinski definition) is 3. The number of hydrogen-bond acceptors (Lipinski definition) is 5. The van der Waals surface area contributed by atoms with Crippen molar-refractivity contribution < 1.29 is 18.7 Å². The summed E-state index contributed by atoms with van der Waals surface area (Å²) in [5.41, 5.74) is -0.928. The van der Waals surface area contributed by atoms with E-state index in [-0.39, 0.29) is 12.5 Å². The largest absolute Gasteiger partial charge is 0.379 e. The standard InChI is InChI=1S/C17H36FN3O3/c1-6-14(2)20-9-11-23-10-7-19-8-12-24-17(4,5)16(18)13-21-15(3)22/h14,16,19-20H,6-13H2,1-5H3,(H,21,22). The van der Waals surface area contributed by atoms with Gasteiger partial charge in [-0.15, -0.1) is 0 Å². The average molecular weight is 349 g/mol. The monoisotopic (exact) mass is 349 g/mol. The fourth-order valence-electron chi connectivity index (χ4n) is 1.85. The van der Waals surface area contributed by atoms with Crippen LogP contribution in [0.2, 0.25) is 0 Å². The van der Waals surface area contributed by atoms with Crippen LogP contribution in [0.5, 0.6) is 0 Å². The van der Waals surface area contributed by atoms with E-state index in [9.17, 15) is 9.18 Å². The normalized spacial score (nSPS) is 14.4. The average Bonchev–Trinajstić information content (AvgIpc) is 2.53. The third kappa shape index (κ3) is 12.6. The van der Waals surface area contributed by atoms with Crippen LogP contribution in [0.15, 0.2) is 0 Å². The smallest absolute Gasteiger partial charge is 0.216 e. The molecule has 3 N–H and O–H groups in total. The van der Waals surface area contributed by atoms with E-state index in [0.29, 0.717) is 32.4 Å². The number of ether oxygens (including phenoxy) is 2. The van der Waals surface area contributed by atoms with Crippen LogP contribution in [-0.2, 0) is 14.3 Å². The van der Waals surface area contributed by atoms with Crippen LogP contribution in [0.1, 0.15) is 41.0 Å². The van der Waals surface area contributed by atoms with Crippen LogP contribution in [0.25, 0.3) is 0 Å².